The highest BCUT2D eigenvalue weighted by atomic mass is 16.3. The van der Waals surface area contributed by atoms with Crippen molar-refractivity contribution in [2.45, 2.75) is 32.9 Å². The van der Waals surface area contributed by atoms with E-state index in [1.165, 1.54) is 0 Å². The molecule has 1 atom stereocenters. The molecule has 0 saturated heterocycles. The van der Waals surface area contributed by atoms with Crippen molar-refractivity contribution in [1.82, 2.24) is 5.32 Å². The molecular formula is C6H14NO. The lowest BCUT2D eigenvalue weighted by Gasteiger charge is -2.01. The van der Waals surface area contributed by atoms with Crippen molar-refractivity contribution >= 4 is 0 Å². The second kappa shape index (κ2) is 5.06. The van der Waals surface area contributed by atoms with E-state index in [4.69, 9.17) is 0 Å². The Morgan fingerprint density at radius 3 is 2.62 bits per heavy atom. The first-order valence-electron chi connectivity index (χ1n) is 3.16. The molecule has 0 heterocycles. The van der Waals surface area contributed by atoms with Crippen LogP contribution >= 0.6 is 0 Å². The van der Waals surface area contributed by atoms with Gasteiger partial charge in [0, 0.05) is 0 Å². The Hall–Kier alpha value is -0.0800. The lowest BCUT2D eigenvalue weighted by atomic mass is 10.3. The van der Waals surface area contributed by atoms with Crippen molar-refractivity contribution in [2.75, 3.05) is 6.54 Å². The van der Waals surface area contributed by atoms with Crippen LogP contribution in [0, 0.1) is 0 Å². The first kappa shape index (κ1) is 7.92. The molecule has 49 valence electrons. The summed E-state index contributed by atoms with van der Waals surface area (Å²) in [5.41, 5.74) is 0. The molecule has 0 spiro atoms. The maximum Gasteiger partial charge on any atom is 0.140 e. The Balaban J connectivity index is 2.72. The topological polar surface area (TPSA) is 31.9 Å². The SMILES string of the molecule is CCCCNC(C)[O]. The lowest BCUT2D eigenvalue weighted by Crippen LogP contribution is -2.24. The van der Waals surface area contributed by atoms with Crippen molar-refractivity contribution < 1.29 is 5.11 Å². The smallest absolute Gasteiger partial charge is 0.140 e. The van der Waals surface area contributed by atoms with Gasteiger partial charge in [-0.1, -0.05) is 13.3 Å². The van der Waals surface area contributed by atoms with Crippen LogP contribution in [0.15, 0.2) is 0 Å². The summed E-state index contributed by atoms with van der Waals surface area (Å²) in [4.78, 5) is 0. The molecule has 2 nitrogen and oxygen atoms in total. The van der Waals surface area contributed by atoms with E-state index in [1.807, 2.05) is 0 Å². The molecule has 0 saturated carbocycles. The van der Waals surface area contributed by atoms with Crippen LogP contribution in [0.1, 0.15) is 26.7 Å². The van der Waals surface area contributed by atoms with E-state index < -0.39 is 6.23 Å². The van der Waals surface area contributed by atoms with E-state index >= 15 is 0 Å². The molecule has 0 aliphatic heterocycles. The van der Waals surface area contributed by atoms with Gasteiger partial charge in [0.15, 0.2) is 0 Å². The third-order valence-electron chi connectivity index (χ3n) is 0.962. The first-order chi connectivity index (χ1) is 3.77. The zero-order chi connectivity index (χ0) is 6.41. The molecule has 0 aromatic carbocycles. The molecule has 0 aromatic rings. The van der Waals surface area contributed by atoms with E-state index in [-0.39, 0.29) is 0 Å². The van der Waals surface area contributed by atoms with Crippen LogP contribution in [0.3, 0.4) is 0 Å². The fourth-order valence-corrected chi connectivity index (χ4v) is 0.482. The summed E-state index contributed by atoms with van der Waals surface area (Å²) in [6.07, 6.45) is 1.66. The monoisotopic (exact) mass is 116 g/mol. The normalized spacial score (nSPS) is 13.9. The van der Waals surface area contributed by atoms with Gasteiger partial charge in [0.1, 0.15) is 6.23 Å². The Bertz CT molecular complexity index is 45.8. The minimum absolute atomic E-state index is 0.596. The molecule has 0 amide bonds. The van der Waals surface area contributed by atoms with Crippen molar-refractivity contribution in [1.29, 1.82) is 0 Å². The Labute approximate surface area is 50.9 Å². The predicted octanol–water partition coefficient (Wildman–Crippen LogP) is 1.15. The highest BCUT2D eigenvalue weighted by Crippen LogP contribution is 1.83. The van der Waals surface area contributed by atoms with Crippen LogP contribution in [0.4, 0.5) is 0 Å². The summed E-state index contributed by atoms with van der Waals surface area (Å²) >= 11 is 0. The van der Waals surface area contributed by atoms with Gasteiger partial charge in [0.25, 0.3) is 0 Å². The van der Waals surface area contributed by atoms with Gasteiger partial charge >= 0.3 is 0 Å². The van der Waals surface area contributed by atoms with Crippen molar-refractivity contribution in [3.05, 3.63) is 0 Å². The molecule has 1 unspecified atom stereocenters. The Kier molecular flexibility index (Phi) is 5.01. The predicted molar refractivity (Wildman–Crippen MR) is 33.1 cm³/mol. The van der Waals surface area contributed by atoms with E-state index in [0.29, 0.717) is 0 Å². The number of hydrogen-bond acceptors (Lipinski definition) is 1. The zero-order valence-electron chi connectivity index (χ0n) is 5.61. The maximum atomic E-state index is 10.3. The number of nitrogens with one attached hydrogen (secondary N) is 1. The van der Waals surface area contributed by atoms with Gasteiger partial charge in [0.2, 0.25) is 0 Å². The highest BCUT2D eigenvalue weighted by Gasteiger charge is 1.91. The van der Waals surface area contributed by atoms with Gasteiger partial charge < -0.3 is 0 Å². The second-order valence-corrected chi connectivity index (χ2v) is 1.95. The molecular weight excluding hydrogens is 102 g/mol. The van der Waals surface area contributed by atoms with E-state index in [9.17, 15) is 5.11 Å². The van der Waals surface area contributed by atoms with Gasteiger partial charge in [-0.25, -0.2) is 5.11 Å². The Morgan fingerprint density at radius 2 is 2.25 bits per heavy atom. The van der Waals surface area contributed by atoms with Gasteiger partial charge in [-0.05, 0) is 19.9 Å². The summed E-state index contributed by atoms with van der Waals surface area (Å²) < 4.78 is 0. The van der Waals surface area contributed by atoms with Crippen LogP contribution in [-0.4, -0.2) is 12.8 Å². The number of unbranched alkanes of at least 4 members (excludes halogenated alkanes) is 1. The van der Waals surface area contributed by atoms with E-state index in [0.717, 1.165) is 19.4 Å². The molecule has 1 radical (unpaired) electrons. The van der Waals surface area contributed by atoms with Gasteiger partial charge in [0.05, 0.1) is 0 Å². The standard InChI is InChI=1S/C6H14NO/c1-3-4-5-7-6(2)8/h6-7H,3-5H2,1-2H3. The molecule has 0 fully saturated rings. The molecule has 0 bridgehead atoms. The zero-order valence-corrected chi connectivity index (χ0v) is 5.61. The molecule has 0 aliphatic carbocycles. The minimum Gasteiger partial charge on any atom is -0.290 e. The van der Waals surface area contributed by atoms with Crippen LogP contribution < -0.4 is 5.32 Å². The van der Waals surface area contributed by atoms with E-state index in [1.54, 1.807) is 6.92 Å². The molecule has 8 heavy (non-hydrogen) atoms. The fraction of sp³-hybridized carbons (Fsp3) is 1.00. The average Bonchev–Trinajstić information content (AvgIpc) is 1.66. The van der Waals surface area contributed by atoms with Crippen LogP contribution in [0.5, 0.6) is 0 Å². The molecule has 1 N–H and O–H groups in total. The van der Waals surface area contributed by atoms with Crippen LogP contribution in [0.25, 0.3) is 0 Å². The van der Waals surface area contributed by atoms with Crippen LogP contribution in [0.2, 0.25) is 0 Å². The second-order valence-electron chi connectivity index (χ2n) is 1.95. The molecule has 0 aromatic heterocycles. The minimum atomic E-state index is -0.596. The molecule has 0 rings (SSSR count). The molecule has 0 aliphatic rings. The summed E-state index contributed by atoms with van der Waals surface area (Å²) in [5, 5.41) is 13.1. The highest BCUT2D eigenvalue weighted by molar-refractivity contribution is 4.44. The van der Waals surface area contributed by atoms with Gasteiger partial charge in [-0.15, -0.1) is 0 Å². The quantitative estimate of drug-likeness (QED) is 0.433. The van der Waals surface area contributed by atoms with Crippen molar-refractivity contribution in [3.8, 4) is 0 Å². The summed E-state index contributed by atoms with van der Waals surface area (Å²) in [7, 11) is 0. The molecule has 2 heteroatoms. The summed E-state index contributed by atoms with van der Waals surface area (Å²) in [5.74, 6) is 0. The third kappa shape index (κ3) is 5.92. The largest absolute Gasteiger partial charge is 0.290 e. The average molecular weight is 116 g/mol. The van der Waals surface area contributed by atoms with Gasteiger partial charge in [-0.3, -0.25) is 5.32 Å². The van der Waals surface area contributed by atoms with Crippen molar-refractivity contribution in [3.63, 3.8) is 0 Å². The fourth-order valence-electron chi connectivity index (χ4n) is 0.482. The number of rotatable bonds is 4. The third-order valence-corrected chi connectivity index (χ3v) is 0.962. The van der Waals surface area contributed by atoms with Crippen molar-refractivity contribution in [2.24, 2.45) is 0 Å². The summed E-state index contributed by atoms with van der Waals surface area (Å²) in [6.45, 7) is 4.59. The number of hydrogen-bond donors (Lipinski definition) is 1. The maximum absolute atomic E-state index is 10.3. The van der Waals surface area contributed by atoms with E-state index in [2.05, 4.69) is 12.2 Å². The first-order valence-corrected chi connectivity index (χ1v) is 3.16. The Morgan fingerprint density at radius 1 is 1.62 bits per heavy atom. The lowest BCUT2D eigenvalue weighted by molar-refractivity contribution is 0.0752. The van der Waals surface area contributed by atoms with Crippen LogP contribution in [-0.2, 0) is 5.11 Å². The van der Waals surface area contributed by atoms with Gasteiger partial charge in [-0.2, -0.15) is 0 Å². The summed E-state index contributed by atoms with van der Waals surface area (Å²) in [6, 6.07) is 0.